The number of phosphoric acid groups is 1. The summed E-state index contributed by atoms with van der Waals surface area (Å²) in [6.07, 6.45) is -1.13. The molecule has 1 aromatic carbocycles. The molecule has 1 fully saturated rings. The maximum absolute atomic E-state index is 13.3. The number of carbonyl (C=O) groups is 1. The monoisotopic (exact) mass is 602 g/mol. The van der Waals surface area contributed by atoms with Gasteiger partial charge in [0.1, 0.15) is 35.6 Å². The van der Waals surface area contributed by atoms with E-state index in [2.05, 4.69) is 24.8 Å². The number of nitrogens with zero attached hydrogens (tertiary/aromatic N) is 4. The van der Waals surface area contributed by atoms with Gasteiger partial charge in [-0.15, -0.1) is 0 Å². The van der Waals surface area contributed by atoms with Gasteiger partial charge in [0, 0.05) is 25.8 Å². The van der Waals surface area contributed by atoms with Crippen molar-refractivity contribution in [3.63, 3.8) is 0 Å². The summed E-state index contributed by atoms with van der Waals surface area (Å²) in [6, 6.07) is 3.39. The number of hydrogen-bond donors (Lipinski definition) is 3. The number of fused-ring (bicyclic) bond motifs is 1. The van der Waals surface area contributed by atoms with Gasteiger partial charge in [-0.05, 0) is 12.1 Å². The zero-order valence-corrected chi connectivity index (χ0v) is 23.6. The van der Waals surface area contributed by atoms with Crippen molar-refractivity contribution in [1.29, 1.82) is 0 Å². The van der Waals surface area contributed by atoms with Crippen molar-refractivity contribution < 1.29 is 51.1 Å². The van der Waals surface area contributed by atoms with Gasteiger partial charge < -0.3 is 34.9 Å². The van der Waals surface area contributed by atoms with Gasteiger partial charge in [0.15, 0.2) is 17.7 Å². The Balaban J connectivity index is 1.64. The topological polar surface area (TPSA) is 218 Å². The van der Waals surface area contributed by atoms with Crippen LogP contribution in [-0.4, -0.2) is 83.8 Å². The van der Waals surface area contributed by atoms with Crippen molar-refractivity contribution in [3.8, 4) is 11.5 Å². The van der Waals surface area contributed by atoms with E-state index in [1.807, 2.05) is 0 Å². The molecular weight excluding hydrogens is 574 g/mol. The van der Waals surface area contributed by atoms with Crippen LogP contribution in [0.1, 0.15) is 16.6 Å². The molecule has 2 aromatic heterocycles. The number of hydrogen-bond acceptors (Lipinski definition) is 15. The van der Waals surface area contributed by atoms with Gasteiger partial charge in [0.25, 0.3) is 5.91 Å². The molecule has 0 saturated carbocycles. The summed E-state index contributed by atoms with van der Waals surface area (Å²) in [5.41, 5.74) is 6.56. The largest absolute Gasteiger partial charge is 0.497 e. The lowest BCUT2D eigenvalue weighted by Gasteiger charge is -2.23. The number of anilines is 1. The third-order valence-electron chi connectivity index (χ3n) is 5.92. The molecule has 3 heterocycles. The normalized spacial score (nSPS) is 23.0. The van der Waals surface area contributed by atoms with Crippen molar-refractivity contribution in [2.45, 2.75) is 24.5 Å². The molecule has 40 heavy (non-hydrogen) atoms. The van der Waals surface area contributed by atoms with E-state index >= 15 is 0 Å². The van der Waals surface area contributed by atoms with Crippen molar-refractivity contribution in [2.75, 3.05) is 40.8 Å². The number of nitrogens with two attached hydrogens (primary N) is 1. The number of amides is 1. The molecule has 17 nitrogen and oxygen atoms in total. The number of nitrogens with one attached hydrogen (secondary N) is 1. The van der Waals surface area contributed by atoms with Gasteiger partial charge in [-0.25, -0.2) is 23.8 Å². The Morgan fingerprint density at radius 3 is 2.50 bits per heavy atom. The molecule has 1 aliphatic heterocycles. The summed E-state index contributed by atoms with van der Waals surface area (Å²) in [6.45, 7) is -0.534. The SMILES string of the molecule is COc1cc(OC)cc(C(=O)NC2C(O)[C@H](n3cnc4c(N)ncnc43)O[C@@H]2COP(=O)(OC)O[PH](=O)OC)c1. The molecular formula is C21H28N6O11P2. The summed E-state index contributed by atoms with van der Waals surface area (Å²) in [7, 11) is -2.58. The first-order valence-electron chi connectivity index (χ1n) is 11.5. The van der Waals surface area contributed by atoms with Gasteiger partial charge in [-0.3, -0.25) is 23.0 Å². The van der Waals surface area contributed by atoms with Crippen LogP contribution >= 0.6 is 16.1 Å². The quantitative estimate of drug-likeness (QED) is 0.249. The molecule has 6 atom stereocenters. The molecule has 4 N–H and O–H groups in total. The van der Waals surface area contributed by atoms with Crippen LogP contribution in [0.15, 0.2) is 30.9 Å². The van der Waals surface area contributed by atoms with Crippen LogP contribution in [0.25, 0.3) is 11.2 Å². The lowest BCUT2D eigenvalue weighted by molar-refractivity contribution is -0.0485. The van der Waals surface area contributed by atoms with Crippen molar-refractivity contribution in [1.82, 2.24) is 24.8 Å². The van der Waals surface area contributed by atoms with Crippen LogP contribution in [-0.2, 0) is 31.7 Å². The first-order chi connectivity index (χ1) is 19.1. The number of methoxy groups -OCH3 is 2. The number of benzene rings is 1. The van der Waals surface area contributed by atoms with Crippen LogP contribution in [0.2, 0.25) is 0 Å². The lowest BCUT2D eigenvalue weighted by Crippen LogP contribution is -2.48. The van der Waals surface area contributed by atoms with Crippen LogP contribution in [0, 0.1) is 0 Å². The Morgan fingerprint density at radius 2 is 1.88 bits per heavy atom. The highest BCUT2D eigenvalue weighted by Crippen LogP contribution is 2.56. The predicted octanol–water partition coefficient (Wildman–Crippen LogP) is 1.31. The molecule has 4 unspecified atom stereocenters. The summed E-state index contributed by atoms with van der Waals surface area (Å²) < 4.78 is 61.8. The first-order valence-corrected chi connectivity index (χ1v) is 14.2. The van der Waals surface area contributed by atoms with Gasteiger partial charge in [0.2, 0.25) is 0 Å². The highest BCUT2D eigenvalue weighted by atomic mass is 31.2. The van der Waals surface area contributed by atoms with Gasteiger partial charge in [-0.2, -0.15) is 0 Å². The van der Waals surface area contributed by atoms with E-state index in [-0.39, 0.29) is 22.5 Å². The molecule has 0 aliphatic carbocycles. The fourth-order valence-electron chi connectivity index (χ4n) is 3.93. The smallest absolute Gasteiger partial charge is 0.481 e. The van der Waals surface area contributed by atoms with Crippen molar-refractivity contribution >= 4 is 39.0 Å². The zero-order chi connectivity index (χ0) is 29.0. The highest BCUT2D eigenvalue weighted by Gasteiger charge is 2.47. The van der Waals surface area contributed by atoms with E-state index in [1.54, 1.807) is 6.07 Å². The number of ether oxygens (including phenoxy) is 3. The minimum absolute atomic E-state index is 0.111. The van der Waals surface area contributed by atoms with E-state index in [9.17, 15) is 19.0 Å². The number of phosphoric ester groups is 1. The molecule has 1 saturated heterocycles. The van der Waals surface area contributed by atoms with E-state index in [0.29, 0.717) is 11.5 Å². The minimum Gasteiger partial charge on any atom is -0.497 e. The second kappa shape index (κ2) is 12.6. The average Bonchev–Trinajstić information content (AvgIpc) is 3.53. The van der Waals surface area contributed by atoms with E-state index in [4.69, 9.17) is 33.3 Å². The molecule has 0 radical (unpaired) electrons. The fraction of sp³-hybridized carbons (Fsp3) is 0.429. The Hall–Kier alpha value is -3.14. The summed E-state index contributed by atoms with van der Waals surface area (Å²) >= 11 is 0. The third kappa shape index (κ3) is 6.27. The predicted molar refractivity (Wildman–Crippen MR) is 138 cm³/mol. The van der Waals surface area contributed by atoms with Crippen LogP contribution in [0.5, 0.6) is 11.5 Å². The molecule has 1 aliphatic rings. The number of imidazole rings is 1. The molecule has 19 heteroatoms. The maximum atomic E-state index is 13.3. The Morgan fingerprint density at radius 1 is 1.18 bits per heavy atom. The first kappa shape index (κ1) is 29.8. The van der Waals surface area contributed by atoms with Crippen molar-refractivity contribution in [3.05, 3.63) is 36.4 Å². The summed E-state index contributed by atoms with van der Waals surface area (Å²) in [4.78, 5) is 25.5. The van der Waals surface area contributed by atoms with Crippen LogP contribution in [0.4, 0.5) is 5.82 Å². The van der Waals surface area contributed by atoms with Crippen molar-refractivity contribution in [2.24, 2.45) is 0 Å². The Labute approximate surface area is 228 Å². The number of nitrogen functional groups attached to an aromatic ring is 1. The van der Waals surface area contributed by atoms with Crippen LogP contribution < -0.4 is 20.5 Å². The van der Waals surface area contributed by atoms with Gasteiger partial charge in [0.05, 0.1) is 33.2 Å². The number of aliphatic hydroxyl groups is 1. The minimum atomic E-state index is -4.37. The third-order valence-corrected chi connectivity index (χ3v) is 8.66. The number of carbonyl (C=O) groups excluding carboxylic acids is 1. The molecule has 0 spiro atoms. The molecule has 1 amide bonds. The average molecular weight is 602 g/mol. The zero-order valence-electron chi connectivity index (χ0n) is 21.7. The lowest BCUT2D eigenvalue weighted by atomic mass is 10.1. The van der Waals surface area contributed by atoms with Gasteiger partial charge in [-0.1, -0.05) is 0 Å². The molecule has 3 aromatic rings. The standard InChI is InChI=1S/C21H28N6O11P2/c1-32-12-5-11(6-13(7-12)33-2)20(29)26-15-14(8-36-40(31,35-4)38-39(30)34-3)37-21(17(15)28)27-10-25-16-18(22)23-9-24-19(16)27/h5-7,9-10,14-15,17,21,28,39H,8H2,1-4H3,(H,26,29)(H2,22,23,24)/t14-,15?,17?,21-,40?/m1/s1. The summed E-state index contributed by atoms with van der Waals surface area (Å²) in [5.74, 6) is 0.214. The number of aromatic nitrogens is 4. The molecule has 218 valence electrons. The van der Waals surface area contributed by atoms with E-state index < -0.39 is 53.1 Å². The second-order valence-corrected chi connectivity index (χ2v) is 11.4. The molecule has 4 rings (SSSR count). The van der Waals surface area contributed by atoms with E-state index in [1.165, 1.54) is 43.6 Å². The number of rotatable bonds is 12. The Bertz CT molecular complexity index is 1420. The fourth-order valence-corrected chi connectivity index (χ4v) is 5.90. The Kier molecular flexibility index (Phi) is 9.38. The highest BCUT2D eigenvalue weighted by molar-refractivity contribution is 7.56. The van der Waals surface area contributed by atoms with Gasteiger partial charge >= 0.3 is 16.1 Å². The number of aliphatic hydroxyl groups excluding tert-OH is 1. The maximum Gasteiger partial charge on any atom is 0.481 e. The summed E-state index contributed by atoms with van der Waals surface area (Å²) in [5, 5.41) is 14.0. The molecule has 0 bridgehead atoms. The van der Waals surface area contributed by atoms with E-state index in [0.717, 1.165) is 14.2 Å². The van der Waals surface area contributed by atoms with Crippen LogP contribution in [0.3, 0.4) is 0 Å². The second-order valence-electron chi connectivity index (χ2n) is 8.21.